The molecule has 0 radical (unpaired) electrons. The second-order valence-corrected chi connectivity index (χ2v) is 3.88. The molecular formula is C13H15N3O3. The summed E-state index contributed by atoms with van der Waals surface area (Å²) in [6, 6.07) is 5.20. The maximum atomic E-state index is 11.8. The van der Waals surface area contributed by atoms with Gasteiger partial charge in [-0.05, 0) is 0 Å². The van der Waals surface area contributed by atoms with Crippen molar-refractivity contribution >= 4 is 11.6 Å². The summed E-state index contributed by atoms with van der Waals surface area (Å²) < 4.78 is 12.0. The Morgan fingerprint density at radius 3 is 2.47 bits per heavy atom. The number of rotatable bonds is 5. The summed E-state index contributed by atoms with van der Waals surface area (Å²) in [7, 11) is 3.12. The molecule has 6 heteroatoms. The van der Waals surface area contributed by atoms with E-state index in [0.29, 0.717) is 17.2 Å². The van der Waals surface area contributed by atoms with Gasteiger partial charge in [0.05, 0.1) is 20.5 Å². The second kappa shape index (κ2) is 5.90. The summed E-state index contributed by atoms with van der Waals surface area (Å²) in [5, 5.41) is 2.78. The van der Waals surface area contributed by atoms with Crippen LogP contribution >= 0.6 is 0 Å². The zero-order chi connectivity index (χ0) is 13.7. The number of nitrogens with zero attached hydrogens (tertiary/aromatic N) is 2. The lowest BCUT2D eigenvalue weighted by Gasteiger charge is -2.10. The molecule has 0 saturated carbocycles. The van der Waals surface area contributed by atoms with Gasteiger partial charge in [-0.1, -0.05) is 0 Å². The van der Waals surface area contributed by atoms with Crippen molar-refractivity contribution in [2.24, 2.45) is 0 Å². The predicted octanol–water partition coefficient (Wildman–Crippen LogP) is 1.54. The molecule has 19 heavy (non-hydrogen) atoms. The number of carbonyl (C=O) groups is 1. The highest BCUT2D eigenvalue weighted by Gasteiger charge is 2.06. The highest BCUT2D eigenvalue weighted by atomic mass is 16.5. The Hall–Kier alpha value is -2.50. The molecule has 2 aromatic rings. The lowest BCUT2D eigenvalue weighted by Crippen LogP contribution is -2.17. The smallest absolute Gasteiger partial charge is 0.244 e. The molecule has 0 atom stereocenters. The molecule has 2 rings (SSSR count). The van der Waals surface area contributed by atoms with Gasteiger partial charge in [0.2, 0.25) is 5.91 Å². The monoisotopic (exact) mass is 261 g/mol. The van der Waals surface area contributed by atoms with Crippen LogP contribution in [0.4, 0.5) is 5.69 Å². The van der Waals surface area contributed by atoms with Crippen LogP contribution in [-0.2, 0) is 11.3 Å². The van der Waals surface area contributed by atoms with E-state index in [4.69, 9.17) is 9.47 Å². The molecule has 0 spiro atoms. The molecule has 0 fully saturated rings. The Morgan fingerprint density at radius 1 is 1.26 bits per heavy atom. The minimum Gasteiger partial charge on any atom is -0.497 e. The van der Waals surface area contributed by atoms with Crippen LogP contribution in [0.25, 0.3) is 0 Å². The normalized spacial score (nSPS) is 10.0. The van der Waals surface area contributed by atoms with Gasteiger partial charge in [0.25, 0.3) is 0 Å². The molecule has 0 aliphatic rings. The van der Waals surface area contributed by atoms with Crippen molar-refractivity contribution in [3.63, 3.8) is 0 Å². The minimum absolute atomic E-state index is 0.145. The third-order valence-electron chi connectivity index (χ3n) is 2.52. The van der Waals surface area contributed by atoms with Crippen LogP contribution < -0.4 is 14.8 Å². The van der Waals surface area contributed by atoms with Crippen molar-refractivity contribution in [3.8, 4) is 11.5 Å². The average Bonchev–Trinajstić information content (AvgIpc) is 2.90. The van der Waals surface area contributed by atoms with Gasteiger partial charge in [-0.3, -0.25) is 4.79 Å². The van der Waals surface area contributed by atoms with Gasteiger partial charge >= 0.3 is 0 Å². The van der Waals surface area contributed by atoms with Gasteiger partial charge in [-0.25, -0.2) is 4.98 Å². The number of imidazole rings is 1. The van der Waals surface area contributed by atoms with Crippen LogP contribution in [0.15, 0.2) is 36.9 Å². The number of hydrogen-bond donors (Lipinski definition) is 1. The molecule has 0 bridgehead atoms. The summed E-state index contributed by atoms with van der Waals surface area (Å²) >= 11 is 0. The molecule has 6 nitrogen and oxygen atoms in total. The number of methoxy groups -OCH3 is 2. The summed E-state index contributed by atoms with van der Waals surface area (Å²) in [6.45, 7) is 0.208. The highest BCUT2D eigenvalue weighted by molar-refractivity contribution is 5.91. The average molecular weight is 261 g/mol. The van der Waals surface area contributed by atoms with E-state index in [1.165, 1.54) is 0 Å². The lowest BCUT2D eigenvalue weighted by atomic mass is 10.2. The van der Waals surface area contributed by atoms with E-state index < -0.39 is 0 Å². The zero-order valence-corrected chi connectivity index (χ0v) is 10.8. The summed E-state index contributed by atoms with van der Waals surface area (Å²) in [4.78, 5) is 15.7. The molecule has 1 N–H and O–H groups in total. The van der Waals surface area contributed by atoms with Crippen molar-refractivity contribution in [3.05, 3.63) is 36.9 Å². The third-order valence-corrected chi connectivity index (χ3v) is 2.52. The first-order valence-corrected chi connectivity index (χ1v) is 5.70. The first kappa shape index (κ1) is 12.9. The zero-order valence-electron chi connectivity index (χ0n) is 10.8. The molecule has 1 aromatic carbocycles. The van der Waals surface area contributed by atoms with Gasteiger partial charge in [0.1, 0.15) is 18.0 Å². The van der Waals surface area contributed by atoms with Gasteiger partial charge < -0.3 is 19.4 Å². The van der Waals surface area contributed by atoms with E-state index in [1.54, 1.807) is 55.7 Å². The Balaban J connectivity index is 2.07. The van der Waals surface area contributed by atoms with Crippen LogP contribution in [-0.4, -0.2) is 29.7 Å². The van der Waals surface area contributed by atoms with Gasteiger partial charge in [0, 0.05) is 36.3 Å². The minimum atomic E-state index is -0.145. The lowest BCUT2D eigenvalue weighted by molar-refractivity contribution is -0.116. The molecule has 0 saturated heterocycles. The number of benzene rings is 1. The summed E-state index contributed by atoms with van der Waals surface area (Å²) in [6.07, 6.45) is 4.94. The fourth-order valence-electron chi connectivity index (χ4n) is 1.63. The molecule has 100 valence electrons. The van der Waals surface area contributed by atoms with Crippen LogP contribution in [0.5, 0.6) is 11.5 Å². The predicted molar refractivity (Wildman–Crippen MR) is 70.4 cm³/mol. The summed E-state index contributed by atoms with van der Waals surface area (Å²) in [5.74, 6) is 1.10. The Labute approximate surface area is 111 Å². The van der Waals surface area contributed by atoms with Crippen LogP contribution in [0.3, 0.4) is 0 Å². The Morgan fingerprint density at radius 2 is 1.95 bits per heavy atom. The summed E-state index contributed by atoms with van der Waals surface area (Å²) in [5.41, 5.74) is 0.626. The van der Waals surface area contributed by atoms with Crippen molar-refractivity contribution in [1.82, 2.24) is 9.55 Å². The number of carbonyl (C=O) groups excluding carboxylic acids is 1. The Bertz CT molecular complexity index is 530. The first-order chi connectivity index (χ1) is 9.21. The van der Waals surface area contributed by atoms with Crippen molar-refractivity contribution < 1.29 is 14.3 Å². The number of nitrogens with one attached hydrogen (secondary N) is 1. The van der Waals surface area contributed by atoms with Crippen LogP contribution in [0.2, 0.25) is 0 Å². The van der Waals surface area contributed by atoms with E-state index in [2.05, 4.69) is 10.3 Å². The largest absolute Gasteiger partial charge is 0.497 e. The van der Waals surface area contributed by atoms with E-state index in [0.717, 1.165) is 0 Å². The maximum absolute atomic E-state index is 11.8. The molecule has 0 unspecified atom stereocenters. The van der Waals surface area contributed by atoms with E-state index >= 15 is 0 Å². The van der Waals surface area contributed by atoms with E-state index in [-0.39, 0.29) is 12.5 Å². The fourth-order valence-corrected chi connectivity index (χ4v) is 1.63. The molecule has 1 heterocycles. The van der Waals surface area contributed by atoms with Crippen molar-refractivity contribution in [1.29, 1.82) is 0 Å². The van der Waals surface area contributed by atoms with E-state index in [1.807, 2.05) is 0 Å². The number of aromatic nitrogens is 2. The molecule has 0 aliphatic heterocycles. The maximum Gasteiger partial charge on any atom is 0.244 e. The third kappa shape index (κ3) is 3.48. The van der Waals surface area contributed by atoms with Crippen molar-refractivity contribution in [2.45, 2.75) is 6.54 Å². The molecule has 1 aromatic heterocycles. The second-order valence-electron chi connectivity index (χ2n) is 3.88. The molecule has 0 aliphatic carbocycles. The van der Waals surface area contributed by atoms with Crippen LogP contribution in [0.1, 0.15) is 0 Å². The number of anilines is 1. The molecular weight excluding hydrogens is 246 g/mol. The fraction of sp³-hybridized carbons (Fsp3) is 0.231. The first-order valence-electron chi connectivity index (χ1n) is 5.70. The van der Waals surface area contributed by atoms with Crippen LogP contribution in [0, 0.1) is 0 Å². The number of hydrogen-bond acceptors (Lipinski definition) is 4. The van der Waals surface area contributed by atoms with Gasteiger partial charge in [-0.15, -0.1) is 0 Å². The Kier molecular flexibility index (Phi) is 4.02. The van der Waals surface area contributed by atoms with Crippen molar-refractivity contribution in [2.75, 3.05) is 19.5 Å². The van der Waals surface area contributed by atoms with Gasteiger partial charge in [0.15, 0.2) is 0 Å². The van der Waals surface area contributed by atoms with E-state index in [9.17, 15) is 4.79 Å². The van der Waals surface area contributed by atoms with Gasteiger partial charge in [-0.2, -0.15) is 0 Å². The topological polar surface area (TPSA) is 65.4 Å². The quantitative estimate of drug-likeness (QED) is 0.886. The number of ether oxygens (including phenoxy) is 2. The highest BCUT2D eigenvalue weighted by Crippen LogP contribution is 2.25. The molecule has 1 amide bonds. The number of amides is 1. The SMILES string of the molecule is COc1cc(NC(=O)Cn2ccnc2)cc(OC)c1. The standard InChI is InChI=1S/C13H15N3O3/c1-18-11-5-10(6-12(7-11)19-2)15-13(17)8-16-4-3-14-9-16/h3-7,9H,8H2,1-2H3,(H,15,17).